The van der Waals surface area contributed by atoms with Gasteiger partial charge in [0.1, 0.15) is 6.10 Å². The molecule has 1 spiro atoms. The number of aliphatic hydroxyl groups is 2. The molecule has 32 heavy (non-hydrogen) atoms. The van der Waals surface area contributed by atoms with Gasteiger partial charge >= 0.3 is 5.97 Å². The fourth-order valence-corrected chi connectivity index (χ4v) is 10.7. The standard InChI is InChI=1S/C25H39NO6/c1-6-26-12-22(3)8-7-18(31-5)25-17(22)9-15(21(25)26)23(28)11-16(30-4)14-10-24(25,29)20(23)19(14)32-13(2)27/h14-21,28-29H,6-12H2,1-5H3/t14-,15+,16+,17-,18+,19+,20-,21-,22+,23+,24+,25+/m0/s1. The van der Waals surface area contributed by atoms with E-state index in [1.165, 1.54) is 6.92 Å². The summed E-state index contributed by atoms with van der Waals surface area (Å²) in [7, 11) is 3.46. The van der Waals surface area contributed by atoms with Crippen molar-refractivity contribution in [1.82, 2.24) is 4.90 Å². The number of rotatable bonds is 4. The predicted molar refractivity (Wildman–Crippen MR) is 116 cm³/mol. The number of methoxy groups -OCH3 is 2. The molecule has 7 heteroatoms. The summed E-state index contributed by atoms with van der Waals surface area (Å²) in [6.07, 6.45) is 3.03. The predicted octanol–water partition coefficient (Wildman–Crippen LogP) is 1.59. The zero-order valence-corrected chi connectivity index (χ0v) is 20.0. The highest BCUT2D eigenvalue weighted by molar-refractivity contribution is 5.66. The molecule has 0 aromatic rings. The van der Waals surface area contributed by atoms with Gasteiger partial charge in [-0.05, 0) is 43.6 Å². The Kier molecular flexibility index (Phi) is 4.41. The molecule has 7 nitrogen and oxygen atoms in total. The van der Waals surface area contributed by atoms with Crippen molar-refractivity contribution in [3.05, 3.63) is 0 Å². The van der Waals surface area contributed by atoms with E-state index in [1.807, 2.05) is 0 Å². The number of nitrogens with zero attached hydrogens (tertiary/aromatic N) is 1. The number of carbonyl (C=O) groups excluding carboxylic acids is 1. The van der Waals surface area contributed by atoms with Crippen LogP contribution in [-0.2, 0) is 19.0 Å². The highest BCUT2D eigenvalue weighted by atomic mass is 16.6. The summed E-state index contributed by atoms with van der Waals surface area (Å²) in [6, 6.07) is 0.0643. The second-order valence-corrected chi connectivity index (χ2v) is 12.1. The molecule has 1 heterocycles. The van der Waals surface area contributed by atoms with Gasteiger partial charge in [0.15, 0.2) is 0 Å². The van der Waals surface area contributed by atoms with Crippen LogP contribution in [0.3, 0.4) is 0 Å². The molecule has 2 N–H and O–H groups in total. The van der Waals surface area contributed by atoms with Crippen LogP contribution in [0, 0.1) is 34.5 Å². The lowest BCUT2D eigenvalue weighted by molar-refractivity contribution is -0.324. The molecule has 0 aromatic carbocycles. The van der Waals surface area contributed by atoms with Crippen molar-refractivity contribution < 1.29 is 29.2 Å². The number of piperidine rings is 1. The molecule has 0 unspecified atom stereocenters. The highest BCUT2D eigenvalue weighted by Gasteiger charge is 2.88. The lowest BCUT2D eigenvalue weighted by atomic mass is 9.41. The molecular formula is C25H39NO6. The van der Waals surface area contributed by atoms with Crippen molar-refractivity contribution in [2.45, 2.75) is 88.4 Å². The summed E-state index contributed by atoms with van der Waals surface area (Å²) in [5, 5.41) is 25.5. The van der Waals surface area contributed by atoms with E-state index >= 15 is 0 Å². The molecule has 5 saturated carbocycles. The van der Waals surface area contributed by atoms with Gasteiger partial charge in [0.05, 0.1) is 29.3 Å². The first-order valence-corrected chi connectivity index (χ1v) is 12.5. The molecule has 0 aromatic heterocycles. The smallest absolute Gasteiger partial charge is 0.302 e. The number of hydrogen-bond acceptors (Lipinski definition) is 7. The van der Waals surface area contributed by atoms with Crippen LogP contribution in [0.2, 0.25) is 0 Å². The van der Waals surface area contributed by atoms with Crippen LogP contribution in [0.25, 0.3) is 0 Å². The quantitative estimate of drug-likeness (QED) is 0.630. The number of carbonyl (C=O) groups is 1. The van der Waals surface area contributed by atoms with E-state index in [2.05, 4.69) is 18.7 Å². The molecule has 12 atom stereocenters. The van der Waals surface area contributed by atoms with E-state index in [9.17, 15) is 15.0 Å². The Balaban J connectivity index is 1.62. The molecule has 5 aliphatic carbocycles. The summed E-state index contributed by atoms with van der Waals surface area (Å²) in [6.45, 7) is 7.92. The van der Waals surface area contributed by atoms with E-state index in [4.69, 9.17) is 14.2 Å². The first kappa shape index (κ1) is 21.8. The average Bonchev–Trinajstić information content (AvgIpc) is 3.16. The average molecular weight is 450 g/mol. The molecule has 6 aliphatic rings. The third-order valence-electron chi connectivity index (χ3n) is 11.3. The molecular weight excluding hydrogens is 410 g/mol. The van der Waals surface area contributed by atoms with Crippen molar-refractivity contribution >= 4 is 5.97 Å². The van der Waals surface area contributed by atoms with E-state index < -0.39 is 28.6 Å². The van der Waals surface area contributed by atoms with E-state index in [0.29, 0.717) is 12.8 Å². The van der Waals surface area contributed by atoms with E-state index in [1.54, 1.807) is 14.2 Å². The second kappa shape index (κ2) is 6.48. The van der Waals surface area contributed by atoms with Gasteiger partial charge in [-0.3, -0.25) is 9.69 Å². The van der Waals surface area contributed by atoms with Gasteiger partial charge in [0, 0.05) is 57.4 Å². The van der Waals surface area contributed by atoms with Gasteiger partial charge in [0.2, 0.25) is 0 Å². The van der Waals surface area contributed by atoms with Crippen molar-refractivity contribution in [2.75, 3.05) is 27.3 Å². The van der Waals surface area contributed by atoms with Gasteiger partial charge in [0.25, 0.3) is 0 Å². The summed E-state index contributed by atoms with van der Waals surface area (Å²) < 4.78 is 18.0. The molecule has 6 rings (SSSR count). The Bertz CT molecular complexity index is 837. The molecule has 0 radical (unpaired) electrons. The molecule has 180 valence electrons. The van der Waals surface area contributed by atoms with E-state index in [0.717, 1.165) is 32.4 Å². The summed E-state index contributed by atoms with van der Waals surface area (Å²) in [4.78, 5) is 14.7. The number of hydrogen-bond donors (Lipinski definition) is 2. The monoisotopic (exact) mass is 449 g/mol. The number of esters is 1. The summed E-state index contributed by atoms with van der Waals surface area (Å²) >= 11 is 0. The summed E-state index contributed by atoms with van der Waals surface area (Å²) in [5.74, 6) is -0.687. The van der Waals surface area contributed by atoms with Gasteiger partial charge in [-0.15, -0.1) is 0 Å². The summed E-state index contributed by atoms with van der Waals surface area (Å²) in [5.41, 5.74) is -2.69. The van der Waals surface area contributed by atoms with Crippen molar-refractivity contribution in [2.24, 2.45) is 34.5 Å². The molecule has 1 saturated heterocycles. The Morgan fingerprint density at radius 1 is 1.19 bits per heavy atom. The third-order valence-corrected chi connectivity index (χ3v) is 11.3. The van der Waals surface area contributed by atoms with Gasteiger partial charge in [-0.1, -0.05) is 13.8 Å². The van der Waals surface area contributed by atoms with Gasteiger partial charge in [-0.25, -0.2) is 0 Å². The molecule has 0 amide bonds. The zero-order chi connectivity index (χ0) is 22.8. The molecule has 6 fully saturated rings. The minimum absolute atomic E-state index is 0.00468. The Hall–Kier alpha value is -0.730. The Morgan fingerprint density at radius 3 is 2.56 bits per heavy atom. The van der Waals surface area contributed by atoms with Crippen LogP contribution in [0.5, 0.6) is 0 Å². The fraction of sp³-hybridized carbons (Fsp3) is 0.960. The first-order chi connectivity index (χ1) is 15.1. The van der Waals surface area contributed by atoms with Crippen LogP contribution >= 0.6 is 0 Å². The van der Waals surface area contributed by atoms with Crippen LogP contribution in [0.1, 0.15) is 52.9 Å². The first-order valence-electron chi connectivity index (χ1n) is 12.5. The van der Waals surface area contributed by atoms with Crippen LogP contribution in [0.15, 0.2) is 0 Å². The molecule has 7 bridgehead atoms. The van der Waals surface area contributed by atoms with E-state index in [-0.39, 0.29) is 47.4 Å². The van der Waals surface area contributed by atoms with Crippen molar-refractivity contribution in [3.63, 3.8) is 0 Å². The maximum absolute atomic E-state index is 13.0. The topological polar surface area (TPSA) is 88.5 Å². The van der Waals surface area contributed by atoms with Crippen molar-refractivity contribution in [1.29, 1.82) is 0 Å². The third kappa shape index (κ3) is 2.11. The highest BCUT2D eigenvalue weighted by Crippen LogP contribution is 2.80. The zero-order valence-electron chi connectivity index (χ0n) is 20.0. The number of fused-ring (bicyclic) bond motifs is 2. The van der Waals surface area contributed by atoms with Crippen molar-refractivity contribution in [3.8, 4) is 0 Å². The minimum Gasteiger partial charge on any atom is -0.462 e. The Morgan fingerprint density at radius 2 is 1.94 bits per heavy atom. The SMILES string of the molecule is CCN1C[C@@]2(C)CC[C@@H](OC)[C@@]34[C@@H]1[C@@H](C[C@@H]23)[C@]1(O)C[C@@H](OC)[C@@H]2C[C@@]4(O)[C@H]1[C@@H]2OC(C)=O. The van der Waals surface area contributed by atoms with Gasteiger partial charge in [-0.2, -0.15) is 0 Å². The second-order valence-electron chi connectivity index (χ2n) is 12.1. The normalized spacial score (nSPS) is 59.8. The maximum atomic E-state index is 13.0. The van der Waals surface area contributed by atoms with Gasteiger partial charge < -0.3 is 24.4 Å². The Labute approximate surface area is 190 Å². The number of ether oxygens (including phenoxy) is 3. The maximum Gasteiger partial charge on any atom is 0.302 e. The fourth-order valence-electron chi connectivity index (χ4n) is 10.7. The lowest BCUT2D eigenvalue weighted by Gasteiger charge is -2.71. The van der Waals surface area contributed by atoms with Crippen LogP contribution in [0.4, 0.5) is 0 Å². The number of likely N-dealkylation sites (tertiary alicyclic amines) is 1. The minimum atomic E-state index is -1.17. The largest absolute Gasteiger partial charge is 0.462 e. The molecule has 1 aliphatic heterocycles. The lowest BCUT2D eigenvalue weighted by Crippen LogP contribution is -2.81. The van der Waals surface area contributed by atoms with Crippen LogP contribution in [-0.4, -0.2) is 83.9 Å². The van der Waals surface area contributed by atoms with Crippen LogP contribution < -0.4 is 0 Å².